The highest BCUT2D eigenvalue weighted by Crippen LogP contribution is 2.24. The predicted octanol–water partition coefficient (Wildman–Crippen LogP) is 1.79. The molecule has 1 saturated heterocycles. The number of amides is 1. The van der Waals surface area contributed by atoms with Crippen LogP contribution in [0.2, 0.25) is 0 Å². The van der Waals surface area contributed by atoms with Crippen LogP contribution in [0.25, 0.3) is 0 Å². The second-order valence-corrected chi connectivity index (χ2v) is 9.34. The van der Waals surface area contributed by atoms with Crippen LogP contribution < -0.4 is 5.32 Å². The summed E-state index contributed by atoms with van der Waals surface area (Å²) >= 11 is 1.27. The van der Waals surface area contributed by atoms with Gasteiger partial charge in [-0.15, -0.1) is 11.8 Å². The van der Waals surface area contributed by atoms with Gasteiger partial charge in [-0.05, 0) is 32.4 Å². The Morgan fingerprint density at radius 2 is 2.00 bits per heavy atom. The highest BCUT2D eigenvalue weighted by Gasteiger charge is 2.29. The molecular weight excluding hydrogens is 350 g/mol. The molecule has 6 nitrogen and oxygen atoms in total. The fourth-order valence-corrected chi connectivity index (χ4v) is 5.67. The Morgan fingerprint density at radius 1 is 1.33 bits per heavy atom. The van der Waals surface area contributed by atoms with E-state index < -0.39 is 27.8 Å². The minimum absolute atomic E-state index is 0.0440. The number of anilines is 1. The first-order valence-corrected chi connectivity index (χ1v) is 10.5. The van der Waals surface area contributed by atoms with E-state index in [1.54, 1.807) is 12.1 Å². The quantitative estimate of drug-likeness (QED) is 0.767. The van der Waals surface area contributed by atoms with Gasteiger partial charge in [0.25, 0.3) is 5.91 Å². The lowest BCUT2D eigenvalue weighted by molar-refractivity contribution is -0.150. The monoisotopic (exact) mass is 371 g/mol. The topological polar surface area (TPSA) is 89.5 Å². The fourth-order valence-electron chi connectivity index (χ4n) is 2.24. The van der Waals surface area contributed by atoms with Crippen LogP contribution in [0.4, 0.5) is 5.69 Å². The molecule has 0 radical (unpaired) electrons. The lowest BCUT2D eigenvalue weighted by Crippen LogP contribution is -2.30. The third-order valence-corrected chi connectivity index (χ3v) is 6.88. The zero-order chi connectivity index (χ0) is 17.7. The van der Waals surface area contributed by atoms with E-state index in [9.17, 15) is 18.0 Å². The van der Waals surface area contributed by atoms with Crippen LogP contribution >= 0.6 is 11.8 Å². The van der Waals surface area contributed by atoms with Crippen LogP contribution in [0, 0.1) is 6.92 Å². The van der Waals surface area contributed by atoms with Gasteiger partial charge in [0.1, 0.15) is 0 Å². The Hall–Kier alpha value is -1.54. The fraction of sp³-hybridized carbons (Fsp3) is 0.500. The van der Waals surface area contributed by atoms with Gasteiger partial charge < -0.3 is 10.1 Å². The summed E-state index contributed by atoms with van der Waals surface area (Å²) in [6, 6.07) is 7.30. The number of benzene rings is 1. The average Bonchev–Trinajstić information content (AvgIpc) is 2.86. The molecule has 1 aliphatic rings. The largest absolute Gasteiger partial charge is 0.452 e. The number of rotatable bonds is 6. The number of sulfone groups is 1. The average molecular weight is 371 g/mol. The molecule has 0 spiro atoms. The summed E-state index contributed by atoms with van der Waals surface area (Å²) in [6.45, 7) is 3.45. The molecule has 0 unspecified atom stereocenters. The minimum atomic E-state index is -2.95. The van der Waals surface area contributed by atoms with Crippen molar-refractivity contribution in [3.8, 4) is 0 Å². The predicted molar refractivity (Wildman–Crippen MR) is 94.9 cm³/mol. The molecule has 1 N–H and O–H groups in total. The van der Waals surface area contributed by atoms with Crippen molar-refractivity contribution in [2.75, 3.05) is 22.6 Å². The maximum absolute atomic E-state index is 12.0. The Labute approximate surface area is 146 Å². The van der Waals surface area contributed by atoms with Crippen molar-refractivity contribution in [1.82, 2.24) is 0 Å². The van der Waals surface area contributed by atoms with Crippen LogP contribution in [-0.4, -0.2) is 48.9 Å². The van der Waals surface area contributed by atoms with Crippen LogP contribution in [0.5, 0.6) is 0 Å². The number of ether oxygens (including phenoxy) is 1. The molecule has 8 heteroatoms. The van der Waals surface area contributed by atoms with Gasteiger partial charge in [-0.2, -0.15) is 0 Å². The Balaban J connectivity index is 1.74. The van der Waals surface area contributed by atoms with Gasteiger partial charge in [0.05, 0.1) is 17.3 Å². The molecule has 0 bridgehead atoms. The first kappa shape index (κ1) is 18.8. The number of thioether (sulfide) groups is 1. The molecule has 1 aromatic carbocycles. The Bertz CT molecular complexity index is 700. The van der Waals surface area contributed by atoms with E-state index in [0.717, 1.165) is 5.56 Å². The zero-order valence-electron chi connectivity index (χ0n) is 13.7. The first-order chi connectivity index (χ1) is 11.2. The lowest BCUT2D eigenvalue weighted by Gasteiger charge is -2.14. The molecule has 1 heterocycles. The van der Waals surface area contributed by atoms with Crippen molar-refractivity contribution in [1.29, 1.82) is 0 Å². The van der Waals surface area contributed by atoms with Gasteiger partial charge in [-0.1, -0.05) is 17.7 Å². The van der Waals surface area contributed by atoms with Crippen LogP contribution in [-0.2, 0) is 24.2 Å². The molecule has 1 aliphatic heterocycles. The van der Waals surface area contributed by atoms with Crippen molar-refractivity contribution in [3.63, 3.8) is 0 Å². The number of hydrogen-bond acceptors (Lipinski definition) is 6. The molecule has 2 atom stereocenters. The molecular formula is C16H21NO5S2. The molecule has 0 saturated carbocycles. The number of carbonyl (C=O) groups excluding carboxylic acids is 2. The van der Waals surface area contributed by atoms with Crippen LogP contribution in [0.15, 0.2) is 24.3 Å². The van der Waals surface area contributed by atoms with Crippen LogP contribution in [0.1, 0.15) is 18.9 Å². The summed E-state index contributed by atoms with van der Waals surface area (Å²) in [6.07, 6.45) is -0.351. The number of aryl methyl sites for hydroxylation is 1. The number of carbonyl (C=O) groups is 2. The van der Waals surface area contributed by atoms with Crippen LogP contribution in [0.3, 0.4) is 0 Å². The van der Waals surface area contributed by atoms with E-state index in [-0.39, 0.29) is 22.5 Å². The van der Waals surface area contributed by atoms with E-state index in [4.69, 9.17) is 4.74 Å². The Kier molecular flexibility index (Phi) is 6.28. The third kappa shape index (κ3) is 5.83. The minimum Gasteiger partial charge on any atom is -0.452 e. The van der Waals surface area contributed by atoms with Gasteiger partial charge in [0.2, 0.25) is 0 Å². The van der Waals surface area contributed by atoms with E-state index in [2.05, 4.69) is 5.32 Å². The molecule has 1 aromatic rings. The number of hydrogen-bond donors (Lipinski definition) is 1. The summed E-state index contributed by atoms with van der Waals surface area (Å²) in [4.78, 5) is 23.8. The van der Waals surface area contributed by atoms with Gasteiger partial charge in [-0.25, -0.2) is 8.42 Å². The standard InChI is InChI=1S/C16H21NO5S2/c1-11-3-5-13(6-4-11)17-16(19)12(2)22-15(18)9-23-14-7-8-24(20,21)10-14/h3-6,12,14H,7-10H2,1-2H3,(H,17,19)/t12-,14+/m1/s1. The summed E-state index contributed by atoms with van der Waals surface area (Å²) in [7, 11) is -2.95. The SMILES string of the molecule is Cc1ccc(NC(=O)[C@@H](C)OC(=O)CS[C@H]2CCS(=O)(=O)C2)cc1. The van der Waals surface area contributed by atoms with Gasteiger partial charge in [-0.3, -0.25) is 9.59 Å². The molecule has 0 aromatic heterocycles. The Morgan fingerprint density at radius 3 is 2.58 bits per heavy atom. The lowest BCUT2D eigenvalue weighted by atomic mass is 10.2. The maximum Gasteiger partial charge on any atom is 0.316 e. The molecule has 24 heavy (non-hydrogen) atoms. The zero-order valence-corrected chi connectivity index (χ0v) is 15.3. The van der Waals surface area contributed by atoms with Crippen molar-refractivity contribution in [2.24, 2.45) is 0 Å². The van der Waals surface area contributed by atoms with E-state index in [1.165, 1.54) is 18.7 Å². The van der Waals surface area contributed by atoms with Gasteiger partial charge >= 0.3 is 5.97 Å². The molecule has 2 rings (SSSR count). The van der Waals surface area contributed by atoms with Gasteiger partial charge in [0.15, 0.2) is 15.9 Å². The van der Waals surface area contributed by atoms with Crippen molar-refractivity contribution < 1.29 is 22.7 Å². The summed E-state index contributed by atoms with van der Waals surface area (Å²) < 4.78 is 27.8. The summed E-state index contributed by atoms with van der Waals surface area (Å²) in [5, 5.41) is 2.61. The maximum atomic E-state index is 12.0. The highest BCUT2D eigenvalue weighted by atomic mass is 32.2. The van der Waals surface area contributed by atoms with E-state index in [1.807, 2.05) is 19.1 Å². The second kappa shape index (κ2) is 8.02. The highest BCUT2D eigenvalue weighted by molar-refractivity contribution is 8.02. The summed E-state index contributed by atoms with van der Waals surface area (Å²) in [5.74, 6) is -0.595. The normalized spacial score (nSPS) is 20.3. The van der Waals surface area contributed by atoms with Gasteiger partial charge in [0, 0.05) is 10.9 Å². The van der Waals surface area contributed by atoms with E-state index in [0.29, 0.717) is 12.1 Å². The van der Waals surface area contributed by atoms with Crippen molar-refractivity contribution in [2.45, 2.75) is 31.6 Å². The molecule has 1 amide bonds. The summed E-state index contributed by atoms with van der Waals surface area (Å²) in [5.41, 5.74) is 1.72. The second-order valence-electron chi connectivity index (χ2n) is 5.82. The number of esters is 1. The van der Waals surface area contributed by atoms with Crippen molar-refractivity contribution >= 4 is 39.2 Å². The smallest absolute Gasteiger partial charge is 0.316 e. The first-order valence-electron chi connectivity index (χ1n) is 7.64. The molecule has 132 valence electrons. The van der Waals surface area contributed by atoms with E-state index >= 15 is 0 Å². The molecule has 0 aliphatic carbocycles. The number of nitrogens with one attached hydrogen (secondary N) is 1. The third-order valence-electron chi connectivity index (χ3n) is 3.62. The van der Waals surface area contributed by atoms with Crippen molar-refractivity contribution in [3.05, 3.63) is 29.8 Å². The molecule has 1 fully saturated rings.